The minimum Gasteiger partial charge on any atom is -0.338 e. The number of likely N-dealkylation sites (tertiary alicyclic amines) is 1. The minimum atomic E-state index is 0.0844. The van der Waals surface area contributed by atoms with Crippen molar-refractivity contribution >= 4 is 5.91 Å². The van der Waals surface area contributed by atoms with E-state index in [1.54, 1.807) is 0 Å². The highest BCUT2D eigenvalue weighted by Gasteiger charge is 2.40. The summed E-state index contributed by atoms with van der Waals surface area (Å²) in [6.07, 6.45) is 0.547. The van der Waals surface area contributed by atoms with Crippen molar-refractivity contribution in [1.29, 1.82) is 0 Å². The maximum absolute atomic E-state index is 11.8. The Kier molecular flexibility index (Phi) is 2.95. The standard InChI is InChI=1S/C12H20N4O/c1-7-11(8(2)16(4)14-7)12-9(6-13)5-10(17)15(12)3/h9,12H,5-6,13H2,1-4H3/t9-,12-/m0/s1. The van der Waals surface area contributed by atoms with E-state index < -0.39 is 0 Å². The molecular weight excluding hydrogens is 216 g/mol. The molecule has 1 amide bonds. The largest absolute Gasteiger partial charge is 0.338 e. The van der Waals surface area contributed by atoms with Gasteiger partial charge in [-0.15, -0.1) is 0 Å². The van der Waals surface area contributed by atoms with Crippen LogP contribution in [0, 0.1) is 19.8 Å². The van der Waals surface area contributed by atoms with E-state index in [1.807, 2.05) is 37.5 Å². The summed E-state index contributed by atoms with van der Waals surface area (Å²) >= 11 is 0. The molecule has 0 bridgehead atoms. The molecule has 5 heteroatoms. The molecule has 1 aromatic heterocycles. The van der Waals surface area contributed by atoms with Crippen LogP contribution in [0.3, 0.4) is 0 Å². The Balaban J connectivity index is 2.47. The highest BCUT2D eigenvalue weighted by molar-refractivity contribution is 5.79. The maximum Gasteiger partial charge on any atom is 0.223 e. The number of rotatable bonds is 2. The SMILES string of the molecule is Cc1nn(C)c(C)c1[C@@H]1[C@H](CN)CC(=O)N1C. The average molecular weight is 236 g/mol. The highest BCUT2D eigenvalue weighted by atomic mass is 16.2. The number of hydrogen-bond donors (Lipinski definition) is 1. The lowest BCUT2D eigenvalue weighted by Crippen LogP contribution is -2.27. The van der Waals surface area contributed by atoms with Gasteiger partial charge < -0.3 is 10.6 Å². The molecule has 0 spiro atoms. The Morgan fingerprint density at radius 2 is 2.06 bits per heavy atom. The van der Waals surface area contributed by atoms with E-state index in [0.717, 1.165) is 17.0 Å². The first kappa shape index (κ1) is 12.1. The van der Waals surface area contributed by atoms with Gasteiger partial charge >= 0.3 is 0 Å². The van der Waals surface area contributed by atoms with Crippen molar-refractivity contribution in [3.63, 3.8) is 0 Å². The minimum absolute atomic E-state index is 0.0844. The summed E-state index contributed by atoms with van der Waals surface area (Å²) in [5.74, 6) is 0.377. The van der Waals surface area contributed by atoms with Crippen LogP contribution < -0.4 is 5.73 Å². The summed E-state index contributed by atoms with van der Waals surface area (Å²) in [6.45, 7) is 4.57. The molecule has 1 aliphatic heterocycles. The van der Waals surface area contributed by atoms with Gasteiger partial charge in [-0.05, 0) is 20.4 Å². The summed E-state index contributed by atoms with van der Waals surface area (Å²) in [6, 6.07) is 0.0844. The van der Waals surface area contributed by atoms with Gasteiger partial charge in [0, 0.05) is 37.7 Å². The zero-order chi connectivity index (χ0) is 12.7. The van der Waals surface area contributed by atoms with Gasteiger partial charge in [0.25, 0.3) is 0 Å². The van der Waals surface area contributed by atoms with Crippen molar-refractivity contribution < 1.29 is 4.79 Å². The van der Waals surface area contributed by atoms with Gasteiger partial charge in [-0.3, -0.25) is 9.48 Å². The van der Waals surface area contributed by atoms with Gasteiger partial charge in [0.2, 0.25) is 5.91 Å². The van der Waals surface area contributed by atoms with E-state index in [-0.39, 0.29) is 17.9 Å². The summed E-state index contributed by atoms with van der Waals surface area (Å²) < 4.78 is 1.87. The van der Waals surface area contributed by atoms with Crippen LogP contribution in [0.2, 0.25) is 0 Å². The molecule has 0 radical (unpaired) electrons. The molecule has 94 valence electrons. The fourth-order valence-electron chi connectivity index (χ4n) is 2.81. The fourth-order valence-corrected chi connectivity index (χ4v) is 2.81. The number of aryl methyl sites for hydroxylation is 2. The van der Waals surface area contributed by atoms with E-state index in [0.29, 0.717) is 13.0 Å². The van der Waals surface area contributed by atoms with Gasteiger partial charge in [0.1, 0.15) is 0 Å². The second-order valence-electron chi connectivity index (χ2n) is 4.86. The third kappa shape index (κ3) is 1.74. The van der Waals surface area contributed by atoms with Crippen molar-refractivity contribution in [2.24, 2.45) is 18.7 Å². The number of nitrogens with two attached hydrogens (primary N) is 1. The molecule has 5 nitrogen and oxygen atoms in total. The lowest BCUT2D eigenvalue weighted by molar-refractivity contribution is -0.127. The first-order valence-electron chi connectivity index (χ1n) is 5.93. The molecule has 17 heavy (non-hydrogen) atoms. The van der Waals surface area contributed by atoms with E-state index in [4.69, 9.17) is 5.73 Å². The number of aromatic nitrogens is 2. The zero-order valence-corrected chi connectivity index (χ0v) is 10.9. The number of nitrogens with zero attached hydrogens (tertiary/aromatic N) is 3. The van der Waals surface area contributed by atoms with Crippen LogP contribution in [0.15, 0.2) is 0 Å². The van der Waals surface area contributed by atoms with Gasteiger partial charge in [-0.1, -0.05) is 0 Å². The lowest BCUT2D eigenvalue weighted by Gasteiger charge is -2.25. The molecule has 1 fully saturated rings. The Morgan fingerprint density at radius 3 is 2.53 bits per heavy atom. The average Bonchev–Trinajstić information content (AvgIpc) is 2.69. The molecular formula is C12H20N4O. The van der Waals surface area contributed by atoms with Gasteiger partial charge in [-0.2, -0.15) is 5.10 Å². The molecule has 0 aromatic carbocycles. The molecule has 0 aliphatic carbocycles. The predicted molar refractivity (Wildman–Crippen MR) is 65.4 cm³/mol. The van der Waals surface area contributed by atoms with Crippen molar-refractivity contribution in [2.45, 2.75) is 26.3 Å². The second-order valence-corrected chi connectivity index (χ2v) is 4.86. The molecule has 2 N–H and O–H groups in total. The molecule has 2 atom stereocenters. The number of hydrogen-bond acceptors (Lipinski definition) is 3. The molecule has 2 rings (SSSR count). The van der Waals surface area contributed by atoms with E-state index in [2.05, 4.69) is 5.10 Å². The first-order valence-corrected chi connectivity index (χ1v) is 5.93. The van der Waals surface area contributed by atoms with Gasteiger partial charge in [0.05, 0.1) is 11.7 Å². The van der Waals surface area contributed by atoms with E-state index in [1.165, 1.54) is 0 Å². The van der Waals surface area contributed by atoms with Crippen LogP contribution in [0.1, 0.15) is 29.4 Å². The Morgan fingerprint density at radius 1 is 1.41 bits per heavy atom. The number of carbonyl (C=O) groups is 1. The molecule has 1 saturated heterocycles. The van der Waals surface area contributed by atoms with Crippen LogP contribution >= 0.6 is 0 Å². The number of amides is 1. The van der Waals surface area contributed by atoms with Crippen LogP contribution in [-0.2, 0) is 11.8 Å². The summed E-state index contributed by atoms with van der Waals surface area (Å²) in [5.41, 5.74) is 9.06. The Hall–Kier alpha value is -1.36. The predicted octanol–water partition coefficient (Wildman–Crippen LogP) is 0.515. The van der Waals surface area contributed by atoms with Crippen molar-refractivity contribution in [3.05, 3.63) is 17.0 Å². The topological polar surface area (TPSA) is 64.2 Å². The third-order valence-corrected chi connectivity index (χ3v) is 3.86. The second kappa shape index (κ2) is 4.14. The van der Waals surface area contributed by atoms with Crippen LogP contribution in [0.5, 0.6) is 0 Å². The van der Waals surface area contributed by atoms with Gasteiger partial charge in [0.15, 0.2) is 0 Å². The van der Waals surface area contributed by atoms with Crippen LogP contribution in [0.4, 0.5) is 0 Å². The monoisotopic (exact) mass is 236 g/mol. The van der Waals surface area contributed by atoms with Crippen LogP contribution in [-0.4, -0.2) is 34.2 Å². The summed E-state index contributed by atoms with van der Waals surface area (Å²) in [5, 5.41) is 4.42. The summed E-state index contributed by atoms with van der Waals surface area (Å²) in [4.78, 5) is 13.6. The van der Waals surface area contributed by atoms with E-state index in [9.17, 15) is 4.79 Å². The lowest BCUT2D eigenvalue weighted by atomic mass is 9.92. The molecule has 0 unspecified atom stereocenters. The Labute approximate surface area is 102 Å². The van der Waals surface area contributed by atoms with Gasteiger partial charge in [-0.25, -0.2) is 0 Å². The zero-order valence-electron chi connectivity index (χ0n) is 10.9. The third-order valence-electron chi connectivity index (χ3n) is 3.86. The van der Waals surface area contributed by atoms with Crippen molar-refractivity contribution in [1.82, 2.24) is 14.7 Å². The molecule has 1 aliphatic rings. The molecule has 1 aromatic rings. The van der Waals surface area contributed by atoms with Crippen molar-refractivity contribution in [2.75, 3.05) is 13.6 Å². The number of carbonyl (C=O) groups excluding carboxylic acids is 1. The Bertz CT molecular complexity index is 452. The normalized spacial score (nSPS) is 24.8. The van der Waals surface area contributed by atoms with Crippen LogP contribution in [0.25, 0.3) is 0 Å². The van der Waals surface area contributed by atoms with Crippen molar-refractivity contribution in [3.8, 4) is 0 Å². The summed E-state index contributed by atoms with van der Waals surface area (Å²) in [7, 11) is 3.79. The van der Waals surface area contributed by atoms with E-state index >= 15 is 0 Å². The molecule has 0 saturated carbocycles. The maximum atomic E-state index is 11.8. The highest BCUT2D eigenvalue weighted by Crippen LogP contribution is 2.38. The molecule has 2 heterocycles. The fraction of sp³-hybridized carbons (Fsp3) is 0.667. The quantitative estimate of drug-likeness (QED) is 0.814. The first-order chi connectivity index (χ1) is 7.97. The smallest absolute Gasteiger partial charge is 0.223 e.